The van der Waals surface area contributed by atoms with Crippen LogP contribution in [0, 0.1) is 29.6 Å². The summed E-state index contributed by atoms with van der Waals surface area (Å²) in [6.45, 7) is 12.0. The van der Waals surface area contributed by atoms with Gasteiger partial charge in [0.15, 0.2) is 0 Å². The summed E-state index contributed by atoms with van der Waals surface area (Å²) in [6, 6.07) is -1.04. The van der Waals surface area contributed by atoms with Crippen LogP contribution in [-0.2, 0) is 42.9 Å². The Labute approximate surface area is 341 Å². The van der Waals surface area contributed by atoms with Gasteiger partial charge in [0.1, 0.15) is 24.0 Å². The van der Waals surface area contributed by atoms with Gasteiger partial charge in [-0.25, -0.2) is 4.79 Å². The van der Waals surface area contributed by atoms with Crippen LogP contribution in [-0.4, -0.2) is 115 Å². The van der Waals surface area contributed by atoms with E-state index in [-0.39, 0.29) is 48.5 Å². The molecule has 2 bridgehead atoms. The van der Waals surface area contributed by atoms with Gasteiger partial charge in [-0.3, -0.25) is 14.4 Å². The number of hydrogen-bond donors (Lipinski definition) is 2. The van der Waals surface area contributed by atoms with Crippen LogP contribution in [0.3, 0.4) is 0 Å². The first kappa shape index (κ1) is 47.2. The molecule has 0 aromatic heterocycles. The molecule has 12 nitrogen and oxygen atoms in total. The second-order valence-electron chi connectivity index (χ2n) is 17.8. The lowest BCUT2D eigenvalue weighted by Crippen LogP contribution is -2.64. The first-order valence-electron chi connectivity index (χ1n) is 21.7. The Bertz CT molecular complexity index is 1430. The van der Waals surface area contributed by atoms with E-state index >= 15 is 0 Å². The summed E-state index contributed by atoms with van der Waals surface area (Å²) in [4.78, 5) is 58.1. The summed E-state index contributed by atoms with van der Waals surface area (Å²) in [5, 5.41) is 22.5. The lowest BCUT2D eigenvalue weighted by atomic mass is 9.82. The molecule has 324 valence electrons. The third-order valence-corrected chi connectivity index (χ3v) is 13.2. The van der Waals surface area contributed by atoms with Gasteiger partial charge < -0.3 is 38.8 Å². The zero-order valence-corrected chi connectivity index (χ0v) is 36.2. The van der Waals surface area contributed by atoms with Crippen LogP contribution >= 0.6 is 0 Å². The van der Waals surface area contributed by atoms with Gasteiger partial charge in [-0.05, 0) is 108 Å². The average Bonchev–Trinajstić information content (AvgIpc) is 3.19. The van der Waals surface area contributed by atoms with Crippen molar-refractivity contribution in [3.63, 3.8) is 0 Å². The maximum absolute atomic E-state index is 14.3. The number of esters is 1. The number of Topliss-reactive ketones (excluding diaryl/α,β-unsaturated/α-hetero) is 2. The van der Waals surface area contributed by atoms with Crippen molar-refractivity contribution in [3.05, 3.63) is 23.3 Å². The summed E-state index contributed by atoms with van der Waals surface area (Å²) < 4.78 is 30.0. The number of amides is 1. The minimum atomic E-state index is -2.46. The highest BCUT2D eigenvalue weighted by atomic mass is 16.7. The fourth-order valence-corrected chi connectivity index (χ4v) is 9.72. The molecule has 2 saturated heterocycles. The number of hydrogen-bond acceptors (Lipinski definition) is 11. The lowest BCUT2D eigenvalue weighted by molar-refractivity contribution is -0.302. The Hall–Kier alpha value is -2.48. The molecule has 4 aliphatic rings. The standard InChI is InChI=1S/C45H73NO11/c1-10-11-14-33-22-27(2)21-28(3)23-38(54-8)41-39(55-9)25-31(6)45(52,57-41)42(49)43(50)46-20-13-12-15-34(46)44(51)56-40(29(4)16-18-35(33)47)30(5)24-32-17-19-36(48)37(26-32)53-7/h22,24,28-29,31-34,36-41,48,52H,10-21,23,25-26H2,1-9H3. The van der Waals surface area contributed by atoms with Crippen molar-refractivity contribution in [1.29, 1.82) is 0 Å². The summed E-state index contributed by atoms with van der Waals surface area (Å²) in [6.07, 6.45) is 9.17. The number of ether oxygens (including phenoxy) is 5. The molecule has 4 rings (SSSR count). The summed E-state index contributed by atoms with van der Waals surface area (Å²) in [7, 11) is 4.72. The molecule has 0 aromatic carbocycles. The van der Waals surface area contributed by atoms with Crippen LogP contribution in [0.4, 0.5) is 0 Å². The van der Waals surface area contributed by atoms with Crippen LogP contribution in [0.25, 0.3) is 0 Å². The van der Waals surface area contributed by atoms with Crippen LogP contribution < -0.4 is 0 Å². The Balaban J connectivity index is 1.75. The van der Waals surface area contributed by atoms with E-state index in [0.717, 1.165) is 36.8 Å². The number of fused-ring (bicyclic) bond motifs is 3. The number of nitrogens with zero attached hydrogens (tertiary/aromatic N) is 1. The summed E-state index contributed by atoms with van der Waals surface area (Å²) >= 11 is 0. The van der Waals surface area contributed by atoms with Crippen molar-refractivity contribution >= 4 is 23.4 Å². The second kappa shape index (κ2) is 21.7. The molecule has 0 spiro atoms. The topological polar surface area (TPSA) is 158 Å². The molecule has 13 atom stereocenters. The number of cyclic esters (lactones) is 1. The van der Waals surface area contributed by atoms with E-state index in [9.17, 15) is 29.4 Å². The molecule has 13 unspecified atom stereocenters. The van der Waals surface area contributed by atoms with Crippen molar-refractivity contribution in [2.45, 2.75) is 180 Å². The van der Waals surface area contributed by atoms with Gasteiger partial charge >= 0.3 is 5.97 Å². The molecule has 3 aliphatic heterocycles. The van der Waals surface area contributed by atoms with Gasteiger partial charge in [0.2, 0.25) is 5.79 Å². The number of unbranched alkanes of at least 4 members (excludes halogenated alkanes) is 1. The molecular weight excluding hydrogens is 730 g/mol. The van der Waals surface area contributed by atoms with Crippen molar-refractivity contribution in [2.75, 3.05) is 27.9 Å². The van der Waals surface area contributed by atoms with Gasteiger partial charge in [-0.1, -0.05) is 58.3 Å². The molecule has 0 aromatic rings. The van der Waals surface area contributed by atoms with Gasteiger partial charge in [0.05, 0.1) is 24.4 Å². The number of methoxy groups -OCH3 is 3. The molecule has 3 heterocycles. The number of aliphatic hydroxyl groups excluding tert-OH is 1. The van der Waals surface area contributed by atoms with Crippen molar-refractivity contribution in [2.24, 2.45) is 29.6 Å². The van der Waals surface area contributed by atoms with Gasteiger partial charge in [0, 0.05) is 46.1 Å². The van der Waals surface area contributed by atoms with E-state index in [1.54, 1.807) is 28.3 Å². The Morgan fingerprint density at radius 1 is 0.947 bits per heavy atom. The van der Waals surface area contributed by atoms with Gasteiger partial charge in [-0.2, -0.15) is 0 Å². The van der Waals surface area contributed by atoms with E-state index in [4.69, 9.17) is 23.7 Å². The van der Waals surface area contributed by atoms with Crippen molar-refractivity contribution < 1.29 is 53.1 Å². The molecule has 1 amide bonds. The molecule has 0 radical (unpaired) electrons. The second-order valence-corrected chi connectivity index (χ2v) is 17.8. The average molecular weight is 804 g/mol. The number of allylic oxidation sites excluding steroid dienone is 3. The lowest BCUT2D eigenvalue weighted by Gasteiger charge is -2.47. The first-order chi connectivity index (χ1) is 27.1. The number of aliphatic hydroxyl groups is 2. The third kappa shape index (κ3) is 11.8. The minimum absolute atomic E-state index is 0.0903. The zero-order chi connectivity index (χ0) is 42.0. The predicted octanol–water partition coefficient (Wildman–Crippen LogP) is 6.28. The highest BCUT2D eigenvalue weighted by molar-refractivity contribution is 6.39. The van der Waals surface area contributed by atoms with E-state index in [0.29, 0.717) is 57.8 Å². The quantitative estimate of drug-likeness (QED) is 0.162. The number of rotatable bonds is 8. The monoisotopic (exact) mass is 804 g/mol. The van der Waals surface area contributed by atoms with Gasteiger partial charge in [0.25, 0.3) is 11.7 Å². The van der Waals surface area contributed by atoms with Crippen LogP contribution in [0.15, 0.2) is 23.3 Å². The first-order valence-corrected chi connectivity index (χ1v) is 21.7. The maximum Gasteiger partial charge on any atom is 0.329 e. The number of carbonyl (C=O) groups is 4. The molecule has 3 fully saturated rings. The van der Waals surface area contributed by atoms with Crippen LogP contribution in [0.1, 0.15) is 131 Å². The number of carbonyl (C=O) groups excluding carboxylic acids is 4. The zero-order valence-electron chi connectivity index (χ0n) is 36.2. The molecule has 12 heteroatoms. The van der Waals surface area contributed by atoms with E-state index < -0.39 is 65.9 Å². The Morgan fingerprint density at radius 3 is 2.30 bits per heavy atom. The van der Waals surface area contributed by atoms with Crippen molar-refractivity contribution in [3.8, 4) is 0 Å². The fraction of sp³-hybridized carbons (Fsp3) is 0.822. The highest BCUT2D eigenvalue weighted by Crippen LogP contribution is 2.39. The smallest absolute Gasteiger partial charge is 0.329 e. The Morgan fingerprint density at radius 2 is 1.63 bits per heavy atom. The molecule has 1 aliphatic carbocycles. The largest absolute Gasteiger partial charge is 0.456 e. The van der Waals surface area contributed by atoms with Crippen molar-refractivity contribution in [1.82, 2.24) is 4.90 Å². The van der Waals surface area contributed by atoms with Crippen LogP contribution in [0.2, 0.25) is 0 Å². The van der Waals surface area contributed by atoms with E-state index in [1.165, 1.54) is 4.90 Å². The van der Waals surface area contributed by atoms with Gasteiger partial charge in [-0.15, -0.1) is 0 Å². The maximum atomic E-state index is 14.3. The molecule has 2 N–H and O–H groups in total. The SMILES string of the molecule is CCCCC1C=C(C)CC(C)CC(OC)C2OC(O)(C(=O)C(=O)N3CCCCC3C(=O)OC(C(C)=CC3CCC(O)C(OC)C3)C(C)CCC1=O)C(C)CC2OC. The van der Waals surface area contributed by atoms with E-state index in [1.807, 2.05) is 13.8 Å². The van der Waals surface area contributed by atoms with E-state index in [2.05, 4.69) is 32.9 Å². The summed E-state index contributed by atoms with van der Waals surface area (Å²) in [5.74, 6) is -6.12. The fourth-order valence-electron chi connectivity index (χ4n) is 9.72. The van der Waals surface area contributed by atoms with Crippen LogP contribution in [0.5, 0.6) is 0 Å². The molecular formula is C45H73NO11. The third-order valence-electron chi connectivity index (χ3n) is 13.2. The number of piperidine rings is 1. The molecule has 1 saturated carbocycles. The predicted molar refractivity (Wildman–Crippen MR) is 216 cm³/mol. The highest BCUT2D eigenvalue weighted by Gasteiger charge is 2.56. The summed E-state index contributed by atoms with van der Waals surface area (Å²) in [5.41, 5.74) is 1.93. The Kier molecular flexibility index (Phi) is 18.0. The molecule has 57 heavy (non-hydrogen) atoms. The minimum Gasteiger partial charge on any atom is -0.456 e. The number of ketones is 2. The normalized spacial score (nSPS) is 38.8.